The number of ketones is 1. The van der Waals surface area contributed by atoms with Crippen molar-refractivity contribution in [1.29, 1.82) is 0 Å². The first-order valence-corrected chi connectivity index (χ1v) is 8.14. The molecule has 1 aromatic rings. The van der Waals surface area contributed by atoms with Crippen molar-refractivity contribution in [1.82, 2.24) is 0 Å². The fraction of sp³-hybridized carbons (Fsp3) is 0.611. The minimum absolute atomic E-state index is 0.207. The molecule has 0 aliphatic heterocycles. The van der Waals surface area contributed by atoms with Crippen molar-refractivity contribution in [3.05, 3.63) is 29.8 Å². The Balaban J connectivity index is 1.79. The third-order valence-corrected chi connectivity index (χ3v) is 5.03. The van der Waals surface area contributed by atoms with Gasteiger partial charge in [-0.2, -0.15) is 0 Å². The number of carbonyl (C=O) groups is 1. The lowest BCUT2D eigenvalue weighted by Gasteiger charge is -2.37. The van der Waals surface area contributed by atoms with E-state index in [-0.39, 0.29) is 11.2 Å². The van der Waals surface area contributed by atoms with Crippen LogP contribution in [0.5, 0.6) is 5.75 Å². The molecular weight excluding hydrogens is 262 g/mol. The summed E-state index contributed by atoms with van der Waals surface area (Å²) in [5.41, 5.74) is 6.40. The highest BCUT2D eigenvalue weighted by Gasteiger charge is 2.40. The van der Waals surface area contributed by atoms with Gasteiger partial charge in [0.1, 0.15) is 5.75 Å². The van der Waals surface area contributed by atoms with Crippen LogP contribution in [0.25, 0.3) is 0 Å². The van der Waals surface area contributed by atoms with E-state index in [1.165, 1.54) is 0 Å². The Kier molecular flexibility index (Phi) is 4.03. The summed E-state index contributed by atoms with van der Waals surface area (Å²) in [4.78, 5) is 13.0. The third kappa shape index (κ3) is 3.13. The van der Waals surface area contributed by atoms with E-state index in [0.29, 0.717) is 18.6 Å². The number of benzene rings is 1. The molecule has 2 N–H and O–H groups in total. The fourth-order valence-corrected chi connectivity index (χ4v) is 3.23. The first kappa shape index (κ1) is 14.6. The molecule has 0 bridgehead atoms. The standard InChI is InChI=1S/C18H25NO2/c1-13-7-9-18(12-19,10-8-13)17(20)14-3-2-4-16(11-14)21-15-5-6-15/h2-4,11,13,15H,5-10,12,19H2,1H3. The van der Waals surface area contributed by atoms with Gasteiger partial charge in [-0.1, -0.05) is 19.1 Å². The molecule has 0 atom stereocenters. The van der Waals surface area contributed by atoms with E-state index >= 15 is 0 Å². The van der Waals surface area contributed by atoms with Crippen molar-refractivity contribution in [2.24, 2.45) is 17.1 Å². The summed E-state index contributed by atoms with van der Waals surface area (Å²) in [6.07, 6.45) is 6.64. The van der Waals surface area contributed by atoms with Crippen LogP contribution in [0.1, 0.15) is 55.8 Å². The number of ether oxygens (including phenoxy) is 1. The zero-order chi connectivity index (χ0) is 14.9. The molecule has 0 radical (unpaired) electrons. The van der Waals surface area contributed by atoms with Crippen molar-refractivity contribution in [3.63, 3.8) is 0 Å². The number of nitrogens with two attached hydrogens (primary N) is 1. The molecule has 3 rings (SSSR count). The minimum atomic E-state index is -0.356. The van der Waals surface area contributed by atoms with E-state index in [9.17, 15) is 4.79 Å². The highest BCUT2D eigenvalue weighted by molar-refractivity contribution is 6.01. The molecule has 2 saturated carbocycles. The van der Waals surface area contributed by atoms with Crippen molar-refractivity contribution in [3.8, 4) is 5.75 Å². The third-order valence-electron chi connectivity index (χ3n) is 5.03. The van der Waals surface area contributed by atoms with Crippen LogP contribution in [0.2, 0.25) is 0 Å². The highest BCUT2D eigenvalue weighted by Crippen LogP contribution is 2.41. The summed E-state index contributed by atoms with van der Waals surface area (Å²) in [5, 5.41) is 0. The van der Waals surface area contributed by atoms with Crippen LogP contribution >= 0.6 is 0 Å². The molecule has 2 aliphatic rings. The Bertz CT molecular complexity index is 514. The quantitative estimate of drug-likeness (QED) is 0.842. The van der Waals surface area contributed by atoms with Gasteiger partial charge in [-0.3, -0.25) is 4.79 Å². The molecule has 21 heavy (non-hydrogen) atoms. The molecule has 2 aliphatic carbocycles. The van der Waals surface area contributed by atoms with E-state index in [1.807, 2.05) is 24.3 Å². The molecule has 0 saturated heterocycles. The minimum Gasteiger partial charge on any atom is -0.490 e. The van der Waals surface area contributed by atoms with Crippen LogP contribution in [-0.4, -0.2) is 18.4 Å². The molecule has 3 heteroatoms. The summed E-state index contributed by atoms with van der Waals surface area (Å²) < 4.78 is 5.80. The smallest absolute Gasteiger partial charge is 0.170 e. The highest BCUT2D eigenvalue weighted by atomic mass is 16.5. The maximum Gasteiger partial charge on any atom is 0.170 e. The second kappa shape index (κ2) is 5.80. The second-order valence-corrected chi connectivity index (χ2v) is 6.84. The lowest BCUT2D eigenvalue weighted by atomic mass is 9.67. The van der Waals surface area contributed by atoms with Gasteiger partial charge in [-0.05, 0) is 56.6 Å². The molecule has 114 valence electrons. The summed E-state index contributed by atoms with van der Waals surface area (Å²) in [5.74, 6) is 1.74. The summed E-state index contributed by atoms with van der Waals surface area (Å²) in [7, 11) is 0. The van der Waals surface area contributed by atoms with Gasteiger partial charge < -0.3 is 10.5 Å². The average molecular weight is 287 g/mol. The maximum atomic E-state index is 13.0. The van der Waals surface area contributed by atoms with Crippen molar-refractivity contribution in [2.45, 2.75) is 51.6 Å². The van der Waals surface area contributed by atoms with Gasteiger partial charge in [0, 0.05) is 17.5 Å². The van der Waals surface area contributed by atoms with E-state index in [4.69, 9.17) is 10.5 Å². The molecule has 3 nitrogen and oxygen atoms in total. The number of Topliss-reactive ketones (excluding diaryl/α,β-unsaturated/α-hetero) is 1. The van der Waals surface area contributed by atoms with Gasteiger partial charge in [-0.25, -0.2) is 0 Å². The van der Waals surface area contributed by atoms with E-state index < -0.39 is 0 Å². The van der Waals surface area contributed by atoms with Crippen LogP contribution < -0.4 is 10.5 Å². The summed E-state index contributed by atoms with van der Waals surface area (Å²) >= 11 is 0. The fourth-order valence-electron chi connectivity index (χ4n) is 3.23. The molecule has 0 aromatic heterocycles. The molecule has 0 heterocycles. The Hall–Kier alpha value is -1.35. The first-order chi connectivity index (χ1) is 10.1. The van der Waals surface area contributed by atoms with Crippen LogP contribution in [0, 0.1) is 11.3 Å². The lowest BCUT2D eigenvalue weighted by Crippen LogP contribution is -2.41. The molecule has 0 spiro atoms. The van der Waals surface area contributed by atoms with Gasteiger partial charge in [0.15, 0.2) is 5.78 Å². The van der Waals surface area contributed by atoms with Gasteiger partial charge in [0.2, 0.25) is 0 Å². The van der Waals surface area contributed by atoms with Gasteiger partial charge in [0.25, 0.3) is 0 Å². The van der Waals surface area contributed by atoms with Crippen molar-refractivity contribution in [2.75, 3.05) is 6.54 Å². The Morgan fingerprint density at radius 1 is 1.29 bits per heavy atom. The zero-order valence-electron chi connectivity index (χ0n) is 12.8. The van der Waals surface area contributed by atoms with Crippen LogP contribution in [0.15, 0.2) is 24.3 Å². The largest absolute Gasteiger partial charge is 0.490 e. The van der Waals surface area contributed by atoms with Crippen molar-refractivity contribution >= 4 is 5.78 Å². The van der Waals surface area contributed by atoms with Gasteiger partial charge in [0.05, 0.1) is 6.10 Å². The second-order valence-electron chi connectivity index (χ2n) is 6.84. The molecule has 0 amide bonds. The Morgan fingerprint density at radius 3 is 2.62 bits per heavy atom. The van der Waals surface area contributed by atoms with Crippen LogP contribution in [0.4, 0.5) is 0 Å². The monoisotopic (exact) mass is 287 g/mol. The topological polar surface area (TPSA) is 52.3 Å². The first-order valence-electron chi connectivity index (χ1n) is 8.14. The van der Waals surface area contributed by atoms with E-state index in [2.05, 4.69) is 6.92 Å². The molecule has 1 aromatic carbocycles. The SMILES string of the molecule is CC1CCC(CN)(C(=O)c2cccc(OC3CC3)c2)CC1. The lowest BCUT2D eigenvalue weighted by molar-refractivity contribution is 0.0695. The predicted molar refractivity (Wildman–Crippen MR) is 83.5 cm³/mol. The number of hydrogen-bond acceptors (Lipinski definition) is 3. The normalized spacial score (nSPS) is 29.1. The van der Waals surface area contributed by atoms with E-state index in [1.54, 1.807) is 0 Å². The van der Waals surface area contributed by atoms with Crippen molar-refractivity contribution < 1.29 is 9.53 Å². The Labute approximate surface area is 126 Å². The average Bonchev–Trinajstić information content (AvgIpc) is 3.32. The number of hydrogen-bond donors (Lipinski definition) is 1. The summed E-state index contributed by atoms with van der Waals surface area (Å²) in [6, 6.07) is 7.65. The maximum absolute atomic E-state index is 13.0. The van der Waals surface area contributed by atoms with Gasteiger partial charge >= 0.3 is 0 Å². The van der Waals surface area contributed by atoms with E-state index in [0.717, 1.165) is 49.8 Å². The molecular formula is C18H25NO2. The summed E-state index contributed by atoms with van der Waals surface area (Å²) in [6.45, 7) is 2.71. The molecule has 2 fully saturated rings. The van der Waals surface area contributed by atoms with Gasteiger partial charge in [-0.15, -0.1) is 0 Å². The number of rotatable bonds is 5. The number of carbonyl (C=O) groups excluding carboxylic acids is 1. The van der Waals surface area contributed by atoms with Crippen LogP contribution in [0.3, 0.4) is 0 Å². The van der Waals surface area contributed by atoms with Crippen LogP contribution in [-0.2, 0) is 0 Å². The Morgan fingerprint density at radius 2 is 2.00 bits per heavy atom. The molecule has 0 unspecified atom stereocenters. The zero-order valence-corrected chi connectivity index (χ0v) is 12.8. The predicted octanol–water partition coefficient (Wildman–Crippen LogP) is 3.57.